The minimum Gasteiger partial charge on any atom is -0.394 e. The highest BCUT2D eigenvalue weighted by Crippen LogP contribution is 1.85. The van der Waals surface area contributed by atoms with Gasteiger partial charge in [-0.15, -0.1) is 0 Å². The molecule has 0 rings (SSSR count). The molecule has 30 valence electrons. The summed E-state index contributed by atoms with van der Waals surface area (Å²) >= 11 is 1.03. The maximum atomic E-state index is 9.16. The molecule has 0 heterocycles. The smallest absolute Gasteiger partial charge is 0.305 e. The molecule has 0 spiro atoms. The van der Waals surface area contributed by atoms with Gasteiger partial charge in [-0.05, 0) is 0 Å². The summed E-state index contributed by atoms with van der Waals surface area (Å²) in [6.45, 7) is 0.394. The molecule has 0 unspecified atom stereocenters. The van der Waals surface area contributed by atoms with Gasteiger partial charge in [0.15, 0.2) is 0 Å². The lowest BCUT2D eigenvalue weighted by Gasteiger charge is -1.76. The zero-order valence-electron chi connectivity index (χ0n) is 2.80. The predicted octanol–water partition coefficient (Wildman–Crippen LogP) is 0.437. The zero-order chi connectivity index (χ0) is 4.12. The molecule has 0 aliphatic heterocycles. The molecule has 0 N–H and O–H groups in total. The summed E-state index contributed by atoms with van der Waals surface area (Å²) in [5.74, 6) is 0. The van der Waals surface area contributed by atoms with Crippen LogP contribution in [-0.4, -0.2) is 12.7 Å². The van der Waals surface area contributed by atoms with E-state index >= 15 is 0 Å². The van der Waals surface area contributed by atoms with Gasteiger partial charge in [0.1, 0.15) is 0 Å². The Hall–Kier alpha value is -0.180. The number of hydrogen-bond acceptors (Lipinski definition) is 3. The molecule has 2 nitrogen and oxygen atoms in total. The van der Waals surface area contributed by atoms with Crippen LogP contribution in [-0.2, 0) is 8.98 Å². The number of hydrogen-bond donors (Lipinski definition) is 0. The second-order valence-electron chi connectivity index (χ2n) is 0.359. The van der Waals surface area contributed by atoms with Crippen molar-refractivity contribution in [1.82, 2.24) is 0 Å². The van der Waals surface area contributed by atoms with Gasteiger partial charge in [-0.2, -0.15) is 0 Å². The molecule has 0 radical (unpaired) electrons. The molecule has 3 heteroatoms. The first-order valence-corrected chi connectivity index (χ1v) is 2.20. The van der Waals surface area contributed by atoms with Gasteiger partial charge < -0.3 is 4.18 Å². The fourth-order valence-electron chi connectivity index (χ4n) is 0.0393. The highest BCUT2D eigenvalue weighted by molar-refractivity contribution is 7.94. The fraction of sp³-hybridized carbons (Fsp3) is 0.500. The van der Waals surface area contributed by atoms with Crippen LogP contribution < -0.4 is 0 Å². The normalized spacial score (nSPS) is 6.60. The van der Waals surface area contributed by atoms with E-state index in [1.165, 1.54) is 0 Å². The van der Waals surface area contributed by atoms with Crippen molar-refractivity contribution in [3.8, 4) is 0 Å². The summed E-state index contributed by atoms with van der Waals surface area (Å²) in [6.07, 6.45) is 1.68. The largest absolute Gasteiger partial charge is 0.394 e. The highest BCUT2D eigenvalue weighted by atomic mass is 32.2. The molecular formula is C2H4O2S. The summed E-state index contributed by atoms with van der Waals surface area (Å²) in [5.41, 5.74) is 0. The lowest BCUT2D eigenvalue weighted by atomic mass is 11.7. The van der Waals surface area contributed by atoms with E-state index in [-0.39, 0.29) is 0 Å². The van der Waals surface area contributed by atoms with Crippen LogP contribution in [0.25, 0.3) is 0 Å². The number of carbonyl (C=O) groups is 1. The van der Waals surface area contributed by atoms with E-state index in [2.05, 4.69) is 4.18 Å². The van der Waals surface area contributed by atoms with E-state index in [4.69, 9.17) is 4.79 Å². The minimum absolute atomic E-state index is 0.394. The molecule has 0 aliphatic carbocycles. The van der Waals surface area contributed by atoms with Crippen molar-refractivity contribution in [3.63, 3.8) is 0 Å². The molecule has 0 saturated carbocycles. The Morgan fingerprint density at radius 2 is 2.60 bits per heavy atom. The van der Waals surface area contributed by atoms with Gasteiger partial charge in [0.25, 0.3) is 0 Å². The van der Waals surface area contributed by atoms with Gasteiger partial charge in [-0.1, -0.05) is 0 Å². The van der Waals surface area contributed by atoms with Crippen molar-refractivity contribution in [2.24, 2.45) is 0 Å². The van der Waals surface area contributed by atoms with E-state index < -0.39 is 0 Å². The first-order chi connectivity index (χ1) is 2.41. The lowest BCUT2D eigenvalue weighted by Crippen LogP contribution is -1.65. The third-order valence-corrected chi connectivity index (χ3v) is 0.407. The molecule has 0 fully saturated rings. The second kappa shape index (κ2) is 3.82. The average molecular weight is 92.1 g/mol. The monoisotopic (exact) mass is 92.0 g/mol. The average Bonchev–Trinajstić information content (AvgIpc) is 1.41. The summed E-state index contributed by atoms with van der Waals surface area (Å²) in [6, 6.07) is 0. The van der Waals surface area contributed by atoms with Crippen LogP contribution in [0.3, 0.4) is 0 Å². The van der Waals surface area contributed by atoms with Crippen molar-refractivity contribution in [3.05, 3.63) is 0 Å². The van der Waals surface area contributed by atoms with E-state index in [0.29, 0.717) is 6.47 Å². The van der Waals surface area contributed by atoms with Crippen LogP contribution >= 0.6 is 12.0 Å². The fourth-order valence-corrected chi connectivity index (χ4v) is 0.118. The van der Waals surface area contributed by atoms with Crippen LogP contribution in [0.2, 0.25) is 0 Å². The van der Waals surface area contributed by atoms with Crippen molar-refractivity contribution >= 4 is 18.5 Å². The van der Waals surface area contributed by atoms with Crippen LogP contribution in [0.5, 0.6) is 0 Å². The molecule has 0 bridgehead atoms. The van der Waals surface area contributed by atoms with Gasteiger partial charge in [0.2, 0.25) is 0 Å². The number of carbonyl (C=O) groups excluding carboxylic acids is 1. The molecule has 5 heavy (non-hydrogen) atoms. The summed E-state index contributed by atoms with van der Waals surface area (Å²) in [7, 11) is 0. The minimum atomic E-state index is 0.394. The van der Waals surface area contributed by atoms with Crippen molar-refractivity contribution < 1.29 is 8.98 Å². The molecule has 0 saturated heterocycles. The Balaban J connectivity index is 2.40. The van der Waals surface area contributed by atoms with E-state index in [1.54, 1.807) is 6.26 Å². The van der Waals surface area contributed by atoms with Gasteiger partial charge in [-0.3, -0.25) is 4.79 Å². The van der Waals surface area contributed by atoms with E-state index in [9.17, 15) is 0 Å². The Kier molecular flexibility index (Phi) is 3.68. The Bertz CT molecular complexity index is 28.8. The Morgan fingerprint density at radius 3 is 2.60 bits per heavy atom. The van der Waals surface area contributed by atoms with Gasteiger partial charge in [0, 0.05) is 6.26 Å². The Morgan fingerprint density at radius 1 is 2.00 bits per heavy atom. The van der Waals surface area contributed by atoms with Gasteiger partial charge >= 0.3 is 6.47 Å². The molecule has 0 amide bonds. The van der Waals surface area contributed by atoms with Crippen LogP contribution in [0, 0.1) is 0 Å². The first-order valence-electron chi connectivity index (χ1n) is 1.05. The van der Waals surface area contributed by atoms with Crippen LogP contribution in [0.1, 0.15) is 0 Å². The molecule has 0 aliphatic rings. The topological polar surface area (TPSA) is 26.3 Å². The quantitative estimate of drug-likeness (QED) is 0.365. The maximum absolute atomic E-state index is 9.16. The zero-order valence-corrected chi connectivity index (χ0v) is 3.62. The standard InChI is InChI=1S/C2H4O2S/c1-5-4-2-3/h2H,1H3. The molecule has 0 aromatic carbocycles. The molecule has 0 aromatic rings. The van der Waals surface area contributed by atoms with Crippen LogP contribution in [0.15, 0.2) is 0 Å². The maximum Gasteiger partial charge on any atom is 0.305 e. The summed E-state index contributed by atoms with van der Waals surface area (Å²) < 4.78 is 4.07. The molecular weight excluding hydrogens is 88.1 g/mol. The highest BCUT2D eigenvalue weighted by Gasteiger charge is 1.62. The van der Waals surface area contributed by atoms with E-state index in [1.807, 2.05) is 0 Å². The predicted molar refractivity (Wildman–Crippen MR) is 20.7 cm³/mol. The summed E-state index contributed by atoms with van der Waals surface area (Å²) in [5, 5.41) is 0. The van der Waals surface area contributed by atoms with Crippen molar-refractivity contribution in [2.45, 2.75) is 0 Å². The first kappa shape index (κ1) is 4.82. The van der Waals surface area contributed by atoms with Crippen LogP contribution in [0.4, 0.5) is 0 Å². The van der Waals surface area contributed by atoms with Gasteiger partial charge in [0.05, 0.1) is 12.0 Å². The van der Waals surface area contributed by atoms with Crippen molar-refractivity contribution in [1.29, 1.82) is 0 Å². The SMILES string of the molecule is CSOC=O. The third-order valence-electron chi connectivity index (χ3n) is 0.136. The third kappa shape index (κ3) is 3.82. The Labute approximate surface area is 34.7 Å². The molecule has 0 atom stereocenters. The molecule has 0 aromatic heterocycles. The second-order valence-corrected chi connectivity index (χ2v) is 0.885. The van der Waals surface area contributed by atoms with Crippen molar-refractivity contribution in [2.75, 3.05) is 6.26 Å². The van der Waals surface area contributed by atoms with Gasteiger partial charge in [-0.25, -0.2) is 0 Å². The number of rotatable bonds is 2. The summed E-state index contributed by atoms with van der Waals surface area (Å²) in [4.78, 5) is 9.16. The lowest BCUT2D eigenvalue weighted by molar-refractivity contribution is -0.119. The van der Waals surface area contributed by atoms with E-state index in [0.717, 1.165) is 12.0 Å².